The monoisotopic (exact) mass is 393 g/mol. The Bertz CT molecular complexity index is 1240. The maximum absolute atomic E-state index is 13.1. The molecule has 0 N–H and O–H groups in total. The quantitative estimate of drug-likeness (QED) is 0.473. The summed E-state index contributed by atoms with van der Waals surface area (Å²) in [5.74, 6) is -0.540. The predicted molar refractivity (Wildman–Crippen MR) is 110 cm³/mol. The van der Waals surface area contributed by atoms with Crippen LogP contribution in [0.5, 0.6) is 0 Å². The van der Waals surface area contributed by atoms with Gasteiger partial charge < -0.3 is 4.57 Å². The van der Waals surface area contributed by atoms with Gasteiger partial charge in [-0.05, 0) is 41.8 Å². The Labute approximate surface area is 164 Å². The second kappa shape index (κ2) is 7.24. The summed E-state index contributed by atoms with van der Waals surface area (Å²) in [6.07, 6.45) is 1.72. The third-order valence-corrected chi connectivity index (χ3v) is 6.67. The molecule has 0 radical (unpaired) electrons. The summed E-state index contributed by atoms with van der Waals surface area (Å²) in [4.78, 5) is 0.306. The second-order valence-electron chi connectivity index (χ2n) is 6.95. The van der Waals surface area contributed by atoms with E-state index in [0.29, 0.717) is 22.4 Å². The molecule has 0 spiro atoms. The molecule has 0 atom stereocenters. The van der Waals surface area contributed by atoms with E-state index >= 15 is 0 Å². The van der Waals surface area contributed by atoms with Gasteiger partial charge in [0.25, 0.3) is 0 Å². The molecule has 0 unspecified atom stereocenters. The van der Waals surface area contributed by atoms with Crippen LogP contribution in [-0.2, 0) is 22.1 Å². The van der Waals surface area contributed by atoms with Crippen LogP contribution in [-0.4, -0.2) is 13.0 Å². The molecule has 3 aromatic carbocycles. The Kier molecular flexibility index (Phi) is 4.77. The van der Waals surface area contributed by atoms with E-state index in [4.69, 9.17) is 0 Å². The molecule has 0 saturated carbocycles. The lowest BCUT2D eigenvalue weighted by Crippen LogP contribution is -2.05. The molecule has 0 bridgehead atoms. The molecule has 28 heavy (non-hydrogen) atoms. The van der Waals surface area contributed by atoms with Crippen molar-refractivity contribution in [2.24, 2.45) is 0 Å². The molecule has 4 aromatic rings. The third kappa shape index (κ3) is 3.58. The van der Waals surface area contributed by atoms with Crippen molar-refractivity contribution in [3.63, 3.8) is 0 Å². The summed E-state index contributed by atoms with van der Waals surface area (Å²) < 4.78 is 41.4. The van der Waals surface area contributed by atoms with E-state index < -0.39 is 9.84 Å². The topological polar surface area (TPSA) is 39.1 Å². The molecule has 1 heterocycles. The normalized spacial score (nSPS) is 11.8. The smallest absolute Gasteiger partial charge is 0.184 e. The van der Waals surface area contributed by atoms with Crippen molar-refractivity contribution in [2.45, 2.75) is 24.1 Å². The van der Waals surface area contributed by atoms with Gasteiger partial charge in [-0.3, -0.25) is 0 Å². The molecule has 5 heteroatoms. The highest BCUT2D eigenvalue weighted by Crippen LogP contribution is 2.29. The van der Waals surface area contributed by atoms with E-state index in [1.807, 2.05) is 54.0 Å². The van der Waals surface area contributed by atoms with Crippen LogP contribution in [0.25, 0.3) is 10.9 Å². The number of rotatable bonds is 5. The number of benzene rings is 3. The zero-order chi connectivity index (χ0) is 19.7. The number of aryl methyl sites for hydroxylation is 1. The molecule has 142 valence electrons. The van der Waals surface area contributed by atoms with Crippen molar-refractivity contribution in [2.75, 3.05) is 0 Å². The van der Waals surface area contributed by atoms with Crippen LogP contribution in [0.1, 0.15) is 16.7 Å². The lowest BCUT2D eigenvalue weighted by atomic mass is 10.1. The van der Waals surface area contributed by atoms with Crippen molar-refractivity contribution in [3.05, 3.63) is 102 Å². The van der Waals surface area contributed by atoms with Crippen LogP contribution in [0.3, 0.4) is 0 Å². The number of nitrogens with zero attached hydrogens (tertiary/aromatic N) is 1. The van der Waals surface area contributed by atoms with Crippen LogP contribution < -0.4 is 0 Å². The van der Waals surface area contributed by atoms with Gasteiger partial charge in [0.2, 0.25) is 0 Å². The van der Waals surface area contributed by atoms with E-state index in [0.717, 1.165) is 16.6 Å². The molecule has 0 amide bonds. The van der Waals surface area contributed by atoms with E-state index in [9.17, 15) is 12.8 Å². The minimum Gasteiger partial charge on any atom is -0.342 e. The molecular formula is C23H20FNO2S. The number of sulfone groups is 1. The first-order valence-corrected chi connectivity index (χ1v) is 10.7. The van der Waals surface area contributed by atoms with E-state index in [-0.39, 0.29) is 11.6 Å². The summed E-state index contributed by atoms with van der Waals surface area (Å²) >= 11 is 0. The minimum atomic E-state index is -3.58. The lowest BCUT2D eigenvalue weighted by Gasteiger charge is -2.08. The fraction of sp³-hybridized carbons (Fsp3) is 0.130. The number of aromatic nitrogens is 1. The van der Waals surface area contributed by atoms with Crippen LogP contribution in [0.2, 0.25) is 0 Å². The van der Waals surface area contributed by atoms with Gasteiger partial charge in [-0.15, -0.1) is 0 Å². The molecule has 0 fully saturated rings. The summed E-state index contributed by atoms with van der Waals surface area (Å²) in [6, 6.07) is 21.2. The van der Waals surface area contributed by atoms with Gasteiger partial charge in [0.05, 0.1) is 10.6 Å². The predicted octanol–water partition coefficient (Wildman–Crippen LogP) is 5.11. The van der Waals surface area contributed by atoms with Crippen LogP contribution in [0.4, 0.5) is 4.39 Å². The van der Waals surface area contributed by atoms with Crippen LogP contribution in [0.15, 0.2) is 83.9 Å². The van der Waals surface area contributed by atoms with Gasteiger partial charge in [-0.1, -0.05) is 54.6 Å². The first-order chi connectivity index (χ1) is 13.4. The fourth-order valence-electron chi connectivity index (χ4n) is 3.44. The molecule has 0 aliphatic heterocycles. The Hall–Kier alpha value is -2.92. The van der Waals surface area contributed by atoms with Gasteiger partial charge in [0, 0.05) is 23.6 Å². The van der Waals surface area contributed by atoms with Crippen LogP contribution in [0, 0.1) is 12.7 Å². The lowest BCUT2D eigenvalue weighted by molar-refractivity contribution is 0.595. The van der Waals surface area contributed by atoms with Crippen molar-refractivity contribution < 1.29 is 12.8 Å². The number of halogens is 1. The van der Waals surface area contributed by atoms with Crippen LogP contribution >= 0.6 is 0 Å². The van der Waals surface area contributed by atoms with E-state index in [1.54, 1.807) is 6.20 Å². The summed E-state index contributed by atoms with van der Waals surface area (Å²) in [6.45, 7) is 2.65. The fourth-order valence-corrected chi connectivity index (χ4v) is 5.02. The maximum Gasteiger partial charge on any atom is 0.184 e. The first kappa shape index (κ1) is 18.4. The van der Waals surface area contributed by atoms with Gasteiger partial charge in [0.15, 0.2) is 9.84 Å². The molecular weight excluding hydrogens is 373 g/mol. The Balaban J connectivity index is 1.77. The molecule has 3 nitrogen and oxygen atoms in total. The zero-order valence-electron chi connectivity index (χ0n) is 15.5. The highest BCUT2D eigenvalue weighted by atomic mass is 32.2. The summed E-state index contributed by atoms with van der Waals surface area (Å²) in [7, 11) is -3.58. The highest BCUT2D eigenvalue weighted by molar-refractivity contribution is 7.90. The van der Waals surface area contributed by atoms with Gasteiger partial charge in [0.1, 0.15) is 5.82 Å². The Morgan fingerprint density at radius 1 is 0.893 bits per heavy atom. The first-order valence-electron chi connectivity index (χ1n) is 9.03. The third-order valence-electron chi connectivity index (χ3n) is 4.96. The second-order valence-corrected chi connectivity index (χ2v) is 8.91. The number of hydrogen-bond donors (Lipinski definition) is 0. The summed E-state index contributed by atoms with van der Waals surface area (Å²) in [5, 5.41) is 0.707. The van der Waals surface area contributed by atoms with Crippen molar-refractivity contribution in [1.82, 2.24) is 4.57 Å². The van der Waals surface area contributed by atoms with Gasteiger partial charge in [-0.2, -0.15) is 0 Å². The summed E-state index contributed by atoms with van der Waals surface area (Å²) in [5.41, 5.74) is 3.75. The molecule has 0 saturated heterocycles. The minimum absolute atomic E-state index is 0.161. The van der Waals surface area contributed by atoms with Gasteiger partial charge >= 0.3 is 0 Å². The number of fused-ring (bicyclic) bond motifs is 1. The Morgan fingerprint density at radius 3 is 2.32 bits per heavy atom. The number of hydrogen-bond acceptors (Lipinski definition) is 2. The SMILES string of the molecule is Cc1ccccc1Cn1cc(S(=O)(=O)Cc2ccc(F)cc2)c2ccccc21. The largest absolute Gasteiger partial charge is 0.342 e. The zero-order valence-corrected chi connectivity index (χ0v) is 16.3. The maximum atomic E-state index is 13.1. The number of para-hydroxylation sites is 1. The highest BCUT2D eigenvalue weighted by Gasteiger charge is 2.22. The van der Waals surface area contributed by atoms with Crippen molar-refractivity contribution in [3.8, 4) is 0 Å². The average Bonchev–Trinajstić information content (AvgIpc) is 3.05. The van der Waals surface area contributed by atoms with E-state index in [2.05, 4.69) is 6.07 Å². The van der Waals surface area contributed by atoms with Gasteiger partial charge in [-0.25, -0.2) is 12.8 Å². The van der Waals surface area contributed by atoms with Crippen molar-refractivity contribution >= 4 is 20.7 Å². The molecule has 4 rings (SSSR count). The molecule has 0 aliphatic rings. The molecule has 1 aromatic heterocycles. The van der Waals surface area contributed by atoms with E-state index in [1.165, 1.54) is 24.3 Å². The Morgan fingerprint density at radius 2 is 1.57 bits per heavy atom. The average molecular weight is 393 g/mol. The van der Waals surface area contributed by atoms with Crippen molar-refractivity contribution in [1.29, 1.82) is 0 Å². The standard InChI is InChI=1S/C23H20FNO2S/c1-17-6-2-3-7-19(17)14-25-15-23(21-8-4-5-9-22(21)25)28(26,27)16-18-10-12-20(24)13-11-18/h2-13,15H,14,16H2,1H3. The molecule has 0 aliphatic carbocycles.